The number of rotatable bonds is 4. The van der Waals surface area contributed by atoms with Crippen molar-refractivity contribution in [1.29, 1.82) is 0 Å². The summed E-state index contributed by atoms with van der Waals surface area (Å²) >= 11 is 0. The fourth-order valence-corrected chi connectivity index (χ4v) is 3.25. The second-order valence-corrected chi connectivity index (χ2v) is 5.26. The highest BCUT2D eigenvalue weighted by Gasteiger charge is 2.30. The molecule has 1 nitrogen and oxygen atoms in total. The Hall–Kier alpha value is -0.820. The predicted molar refractivity (Wildman–Crippen MR) is 72.2 cm³/mol. The van der Waals surface area contributed by atoms with E-state index < -0.39 is 0 Å². The lowest BCUT2D eigenvalue weighted by Crippen LogP contribution is -2.29. The van der Waals surface area contributed by atoms with Crippen molar-refractivity contribution >= 4 is 0 Å². The first-order valence-electron chi connectivity index (χ1n) is 7.03. The van der Waals surface area contributed by atoms with Crippen molar-refractivity contribution in [2.24, 2.45) is 5.92 Å². The lowest BCUT2D eigenvalue weighted by atomic mass is 9.75. The van der Waals surface area contributed by atoms with Crippen LogP contribution in [0.1, 0.15) is 56.6 Å². The van der Waals surface area contributed by atoms with Crippen LogP contribution in [0.15, 0.2) is 24.3 Å². The molecule has 2 rings (SSSR count). The molecule has 0 amide bonds. The van der Waals surface area contributed by atoms with Crippen LogP contribution in [0.3, 0.4) is 0 Å². The summed E-state index contributed by atoms with van der Waals surface area (Å²) < 4.78 is 0. The van der Waals surface area contributed by atoms with Crippen LogP contribution in [0, 0.1) is 5.92 Å². The largest absolute Gasteiger partial charge is 0.392 e. The van der Waals surface area contributed by atoms with E-state index in [0.717, 1.165) is 19.3 Å². The molecule has 2 atom stereocenters. The molecule has 0 spiro atoms. The standard InChI is InChI=1S/C16H24O/c1-3-12(4-2)16(17)15-11-7-9-13-8-5-6-10-14(13)15/h5-6,8,10,12,15-17H,3-4,7,9,11H2,1-2H3. The molecule has 0 heterocycles. The van der Waals surface area contributed by atoms with E-state index in [1.54, 1.807) is 0 Å². The Kier molecular flexibility index (Phi) is 4.22. The van der Waals surface area contributed by atoms with Gasteiger partial charge in [-0.2, -0.15) is 0 Å². The SMILES string of the molecule is CCC(CC)C(O)C1CCCc2ccccc21. The normalized spacial score (nSPS) is 21.3. The van der Waals surface area contributed by atoms with Gasteiger partial charge in [0.15, 0.2) is 0 Å². The van der Waals surface area contributed by atoms with E-state index in [0.29, 0.717) is 11.8 Å². The second kappa shape index (κ2) is 5.68. The van der Waals surface area contributed by atoms with Crippen LogP contribution in [0.4, 0.5) is 0 Å². The van der Waals surface area contributed by atoms with Crippen LogP contribution >= 0.6 is 0 Å². The number of fused-ring (bicyclic) bond motifs is 1. The van der Waals surface area contributed by atoms with E-state index in [1.807, 2.05) is 0 Å². The molecule has 0 aliphatic heterocycles. The fourth-order valence-electron chi connectivity index (χ4n) is 3.25. The maximum absolute atomic E-state index is 10.6. The van der Waals surface area contributed by atoms with Gasteiger partial charge in [0.2, 0.25) is 0 Å². The first kappa shape index (κ1) is 12.6. The second-order valence-electron chi connectivity index (χ2n) is 5.26. The van der Waals surface area contributed by atoms with Gasteiger partial charge in [-0.15, -0.1) is 0 Å². The summed E-state index contributed by atoms with van der Waals surface area (Å²) in [5.74, 6) is 0.816. The Bertz CT molecular complexity index is 354. The van der Waals surface area contributed by atoms with Gasteiger partial charge in [0, 0.05) is 5.92 Å². The fraction of sp³-hybridized carbons (Fsp3) is 0.625. The molecule has 0 aromatic heterocycles. The monoisotopic (exact) mass is 232 g/mol. The van der Waals surface area contributed by atoms with E-state index >= 15 is 0 Å². The third-order valence-corrected chi connectivity index (χ3v) is 4.36. The minimum absolute atomic E-state index is 0.161. The summed E-state index contributed by atoms with van der Waals surface area (Å²) in [6.45, 7) is 4.37. The quantitative estimate of drug-likeness (QED) is 0.834. The minimum atomic E-state index is -0.161. The van der Waals surface area contributed by atoms with Crippen LogP contribution in [0.2, 0.25) is 0 Å². The molecular formula is C16H24O. The van der Waals surface area contributed by atoms with E-state index in [9.17, 15) is 5.11 Å². The zero-order chi connectivity index (χ0) is 12.3. The smallest absolute Gasteiger partial charge is 0.0636 e. The van der Waals surface area contributed by atoms with Crippen molar-refractivity contribution in [2.75, 3.05) is 0 Å². The van der Waals surface area contributed by atoms with Crippen molar-refractivity contribution in [2.45, 2.75) is 58.0 Å². The molecule has 0 fully saturated rings. The molecule has 1 N–H and O–H groups in total. The molecule has 0 radical (unpaired) electrons. The summed E-state index contributed by atoms with van der Waals surface area (Å²) in [6.07, 6.45) is 5.55. The molecule has 94 valence electrons. The van der Waals surface area contributed by atoms with Crippen molar-refractivity contribution in [1.82, 2.24) is 0 Å². The lowest BCUT2D eigenvalue weighted by Gasteiger charge is -2.33. The topological polar surface area (TPSA) is 20.2 Å². The van der Waals surface area contributed by atoms with Crippen LogP contribution in [0.25, 0.3) is 0 Å². The van der Waals surface area contributed by atoms with Crippen molar-refractivity contribution in [3.05, 3.63) is 35.4 Å². The van der Waals surface area contributed by atoms with E-state index in [1.165, 1.54) is 24.0 Å². The molecule has 17 heavy (non-hydrogen) atoms. The van der Waals surface area contributed by atoms with E-state index in [4.69, 9.17) is 0 Å². The molecule has 1 aliphatic rings. The van der Waals surface area contributed by atoms with Gasteiger partial charge in [-0.05, 0) is 36.3 Å². The summed E-state index contributed by atoms with van der Waals surface area (Å²) in [7, 11) is 0. The van der Waals surface area contributed by atoms with Crippen LogP contribution in [0.5, 0.6) is 0 Å². The van der Waals surface area contributed by atoms with Gasteiger partial charge >= 0.3 is 0 Å². The van der Waals surface area contributed by atoms with Gasteiger partial charge in [-0.1, -0.05) is 51.0 Å². The van der Waals surface area contributed by atoms with Gasteiger partial charge in [-0.25, -0.2) is 0 Å². The van der Waals surface area contributed by atoms with Gasteiger partial charge in [0.05, 0.1) is 6.10 Å². The number of hydrogen-bond acceptors (Lipinski definition) is 1. The molecule has 0 bridgehead atoms. The maximum atomic E-state index is 10.6. The van der Waals surface area contributed by atoms with Crippen molar-refractivity contribution in [3.8, 4) is 0 Å². The average molecular weight is 232 g/mol. The molecule has 0 saturated heterocycles. The third-order valence-electron chi connectivity index (χ3n) is 4.36. The zero-order valence-electron chi connectivity index (χ0n) is 11.0. The molecule has 1 aromatic rings. The first-order chi connectivity index (χ1) is 8.27. The molecular weight excluding hydrogens is 208 g/mol. The highest BCUT2D eigenvalue weighted by atomic mass is 16.3. The van der Waals surface area contributed by atoms with Gasteiger partial charge in [0.1, 0.15) is 0 Å². The lowest BCUT2D eigenvalue weighted by molar-refractivity contribution is 0.0696. The number of benzene rings is 1. The molecule has 1 aliphatic carbocycles. The van der Waals surface area contributed by atoms with Gasteiger partial charge < -0.3 is 5.11 Å². The van der Waals surface area contributed by atoms with Crippen LogP contribution in [-0.2, 0) is 6.42 Å². The first-order valence-corrected chi connectivity index (χ1v) is 7.03. The van der Waals surface area contributed by atoms with E-state index in [-0.39, 0.29) is 6.10 Å². The van der Waals surface area contributed by atoms with Crippen molar-refractivity contribution in [3.63, 3.8) is 0 Å². The summed E-state index contributed by atoms with van der Waals surface area (Å²) in [5, 5.41) is 10.6. The Morgan fingerprint density at radius 3 is 2.65 bits per heavy atom. The number of hydrogen-bond donors (Lipinski definition) is 1. The molecule has 1 aromatic carbocycles. The van der Waals surface area contributed by atoms with Gasteiger partial charge in [-0.3, -0.25) is 0 Å². The van der Waals surface area contributed by atoms with E-state index in [2.05, 4.69) is 38.1 Å². The average Bonchev–Trinajstić information content (AvgIpc) is 2.39. The van der Waals surface area contributed by atoms with Crippen LogP contribution in [-0.4, -0.2) is 11.2 Å². The van der Waals surface area contributed by atoms with Crippen molar-refractivity contribution < 1.29 is 5.11 Å². The highest BCUT2D eigenvalue weighted by Crippen LogP contribution is 2.37. The number of aryl methyl sites for hydroxylation is 1. The number of aliphatic hydroxyl groups excluding tert-OH is 1. The van der Waals surface area contributed by atoms with Crippen LogP contribution < -0.4 is 0 Å². The summed E-state index contributed by atoms with van der Waals surface area (Å²) in [4.78, 5) is 0. The summed E-state index contributed by atoms with van der Waals surface area (Å²) in [6, 6.07) is 8.66. The molecule has 0 saturated carbocycles. The maximum Gasteiger partial charge on any atom is 0.0636 e. The molecule has 1 heteroatoms. The van der Waals surface area contributed by atoms with Gasteiger partial charge in [0.25, 0.3) is 0 Å². The predicted octanol–water partition coefficient (Wildman–Crippen LogP) is 3.90. The third kappa shape index (κ3) is 2.55. The molecule has 2 unspecified atom stereocenters. The summed E-state index contributed by atoms with van der Waals surface area (Å²) in [5.41, 5.74) is 2.85. The zero-order valence-corrected chi connectivity index (χ0v) is 11.0. The Balaban J connectivity index is 2.23. The Labute approximate surface area is 105 Å². The Morgan fingerprint density at radius 1 is 1.24 bits per heavy atom. The highest BCUT2D eigenvalue weighted by molar-refractivity contribution is 5.33. The minimum Gasteiger partial charge on any atom is -0.392 e. The number of aliphatic hydroxyl groups is 1. The Morgan fingerprint density at radius 2 is 1.94 bits per heavy atom.